The van der Waals surface area contributed by atoms with Gasteiger partial charge in [-0.2, -0.15) is 0 Å². The Morgan fingerprint density at radius 2 is 2.00 bits per heavy atom. The van der Waals surface area contributed by atoms with Crippen LogP contribution in [0.25, 0.3) is 0 Å². The third kappa shape index (κ3) is 6.89. The maximum atomic E-state index is 10.1. The summed E-state index contributed by atoms with van der Waals surface area (Å²) < 4.78 is 5.62. The molecule has 0 aliphatic rings. The normalized spacial score (nSPS) is 12.4. The third-order valence-corrected chi connectivity index (χ3v) is 3.35. The third-order valence-electron chi connectivity index (χ3n) is 3.11. The molecule has 5 heteroatoms. The van der Waals surface area contributed by atoms with Gasteiger partial charge in [0.15, 0.2) is 0 Å². The first kappa shape index (κ1) is 17.9. The Balaban J connectivity index is 2.46. The molecule has 1 aromatic carbocycles. The highest BCUT2D eigenvalue weighted by atomic mass is 32.1. The first-order valence-corrected chi connectivity index (χ1v) is 7.90. The molecule has 0 bridgehead atoms. The number of hydrogen-bond acceptors (Lipinski definition) is 4. The summed E-state index contributed by atoms with van der Waals surface area (Å²) in [6, 6.07) is 7.32. The summed E-state index contributed by atoms with van der Waals surface area (Å²) in [4.78, 5) is 2.61. The average Bonchev–Trinajstić information content (AvgIpc) is 2.46. The van der Waals surface area contributed by atoms with Gasteiger partial charge in [-0.15, -0.1) is 0 Å². The quantitative estimate of drug-likeness (QED) is 0.649. The second-order valence-electron chi connectivity index (χ2n) is 5.16. The Morgan fingerprint density at radius 3 is 2.57 bits per heavy atom. The first-order valence-electron chi connectivity index (χ1n) is 7.49. The molecule has 0 saturated heterocycles. The van der Waals surface area contributed by atoms with Gasteiger partial charge in [0.25, 0.3) is 0 Å². The van der Waals surface area contributed by atoms with Crippen molar-refractivity contribution in [2.75, 3.05) is 26.2 Å². The van der Waals surface area contributed by atoms with Crippen LogP contribution in [-0.4, -0.2) is 47.3 Å². The van der Waals surface area contributed by atoms with Crippen molar-refractivity contribution in [3.8, 4) is 5.75 Å². The minimum absolute atomic E-state index is 0.269. The topological polar surface area (TPSA) is 58.7 Å². The number of thiocarbonyl (C=S) groups is 1. The lowest BCUT2D eigenvalue weighted by molar-refractivity contribution is 0.0681. The van der Waals surface area contributed by atoms with Gasteiger partial charge in [0.1, 0.15) is 23.4 Å². The fourth-order valence-corrected chi connectivity index (χ4v) is 2.34. The monoisotopic (exact) mass is 310 g/mol. The predicted molar refractivity (Wildman–Crippen MR) is 90.9 cm³/mol. The molecule has 0 heterocycles. The first-order chi connectivity index (χ1) is 10.1. The van der Waals surface area contributed by atoms with E-state index < -0.39 is 6.10 Å². The number of hydrogen-bond donors (Lipinski definition) is 2. The van der Waals surface area contributed by atoms with Crippen molar-refractivity contribution in [1.82, 2.24) is 4.90 Å². The van der Waals surface area contributed by atoms with Gasteiger partial charge >= 0.3 is 0 Å². The van der Waals surface area contributed by atoms with E-state index in [9.17, 15) is 5.11 Å². The maximum Gasteiger partial charge on any atom is 0.120 e. The Labute approximate surface area is 132 Å². The maximum absolute atomic E-state index is 10.1. The summed E-state index contributed by atoms with van der Waals surface area (Å²) >= 11 is 4.94. The zero-order valence-corrected chi connectivity index (χ0v) is 13.7. The van der Waals surface area contributed by atoms with Gasteiger partial charge in [-0.3, -0.25) is 0 Å². The zero-order valence-electron chi connectivity index (χ0n) is 12.9. The molecule has 0 spiro atoms. The molecule has 3 N–H and O–H groups in total. The Kier molecular flexibility index (Phi) is 8.27. The van der Waals surface area contributed by atoms with Gasteiger partial charge in [0.05, 0.1) is 0 Å². The van der Waals surface area contributed by atoms with Crippen LogP contribution < -0.4 is 10.5 Å². The summed E-state index contributed by atoms with van der Waals surface area (Å²) in [7, 11) is 0. The van der Waals surface area contributed by atoms with Crippen molar-refractivity contribution >= 4 is 17.2 Å². The molecule has 21 heavy (non-hydrogen) atoms. The largest absolute Gasteiger partial charge is 0.491 e. The van der Waals surface area contributed by atoms with Crippen LogP contribution >= 0.6 is 12.2 Å². The summed E-state index contributed by atoms with van der Waals surface area (Å²) in [5.74, 6) is 0.678. The van der Waals surface area contributed by atoms with Crippen molar-refractivity contribution in [3.05, 3.63) is 29.8 Å². The summed E-state index contributed by atoms with van der Waals surface area (Å²) in [6.07, 6.45) is 1.67. The Hall–Kier alpha value is -1.17. The number of nitrogens with zero attached hydrogens (tertiary/aromatic N) is 1. The standard InChI is InChI=1S/C16H26N2O2S/c1-3-8-18(9-4-2)11-14(19)12-20-15-7-5-6-13(10-15)16(17)21/h5-7,10,14,19H,3-4,8-9,11-12H2,1-2H3,(H2,17,21). The highest BCUT2D eigenvalue weighted by molar-refractivity contribution is 7.80. The van der Waals surface area contributed by atoms with E-state index in [-0.39, 0.29) is 6.61 Å². The van der Waals surface area contributed by atoms with Gasteiger partial charge in [-0.25, -0.2) is 0 Å². The summed E-state index contributed by atoms with van der Waals surface area (Å²) in [5.41, 5.74) is 6.36. The number of ether oxygens (including phenoxy) is 1. The molecule has 1 aromatic rings. The molecule has 0 aromatic heterocycles. The number of rotatable bonds is 10. The minimum atomic E-state index is -0.503. The van der Waals surface area contributed by atoms with Crippen molar-refractivity contribution in [2.24, 2.45) is 5.73 Å². The SMILES string of the molecule is CCCN(CCC)CC(O)COc1cccc(C(N)=S)c1. The van der Waals surface area contributed by atoms with Crippen molar-refractivity contribution in [1.29, 1.82) is 0 Å². The van der Waals surface area contributed by atoms with E-state index in [1.54, 1.807) is 6.07 Å². The minimum Gasteiger partial charge on any atom is -0.491 e. The average molecular weight is 310 g/mol. The number of nitrogens with two attached hydrogens (primary N) is 1. The number of benzene rings is 1. The van der Waals surface area contributed by atoms with E-state index in [0.717, 1.165) is 31.5 Å². The van der Waals surface area contributed by atoms with Gasteiger partial charge in [0.2, 0.25) is 0 Å². The van der Waals surface area contributed by atoms with Gasteiger partial charge in [0, 0.05) is 12.1 Å². The summed E-state index contributed by atoms with van der Waals surface area (Å²) in [6.45, 7) is 7.20. The van der Waals surface area contributed by atoms with Crippen LogP contribution in [0.2, 0.25) is 0 Å². The number of aliphatic hydroxyl groups is 1. The molecule has 0 aliphatic heterocycles. The fraction of sp³-hybridized carbons (Fsp3) is 0.562. The molecular weight excluding hydrogens is 284 g/mol. The van der Waals surface area contributed by atoms with Crippen LogP contribution in [0.4, 0.5) is 0 Å². The van der Waals surface area contributed by atoms with Gasteiger partial charge < -0.3 is 20.5 Å². The second-order valence-corrected chi connectivity index (χ2v) is 5.60. The molecular formula is C16H26N2O2S. The highest BCUT2D eigenvalue weighted by Gasteiger charge is 2.11. The van der Waals surface area contributed by atoms with Crippen LogP contribution in [0.5, 0.6) is 5.75 Å². The van der Waals surface area contributed by atoms with Crippen molar-refractivity contribution in [3.63, 3.8) is 0 Å². The second kappa shape index (κ2) is 9.71. The predicted octanol–water partition coefficient (Wildman–Crippen LogP) is 2.18. The van der Waals surface area contributed by atoms with Crippen LogP contribution in [0, 0.1) is 0 Å². The Bertz CT molecular complexity index is 434. The van der Waals surface area contributed by atoms with Crippen LogP contribution in [0.3, 0.4) is 0 Å². The lowest BCUT2D eigenvalue weighted by Crippen LogP contribution is -2.36. The fourth-order valence-electron chi connectivity index (χ4n) is 2.21. The molecule has 0 amide bonds. The van der Waals surface area contributed by atoms with Gasteiger partial charge in [-0.1, -0.05) is 38.2 Å². The Morgan fingerprint density at radius 1 is 1.33 bits per heavy atom. The van der Waals surface area contributed by atoms with E-state index in [4.69, 9.17) is 22.7 Å². The summed E-state index contributed by atoms with van der Waals surface area (Å²) in [5, 5.41) is 10.1. The number of aliphatic hydroxyl groups excluding tert-OH is 1. The highest BCUT2D eigenvalue weighted by Crippen LogP contribution is 2.13. The molecule has 4 nitrogen and oxygen atoms in total. The van der Waals surface area contributed by atoms with Crippen LogP contribution in [0.1, 0.15) is 32.3 Å². The van der Waals surface area contributed by atoms with Crippen molar-refractivity contribution in [2.45, 2.75) is 32.8 Å². The van der Waals surface area contributed by atoms with E-state index in [1.807, 2.05) is 18.2 Å². The lowest BCUT2D eigenvalue weighted by atomic mass is 10.2. The van der Waals surface area contributed by atoms with E-state index in [2.05, 4.69) is 18.7 Å². The smallest absolute Gasteiger partial charge is 0.120 e. The lowest BCUT2D eigenvalue weighted by Gasteiger charge is -2.24. The van der Waals surface area contributed by atoms with Crippen molar-refractivity contribution < 1.29 is 9.84 Å². The van der Waals surface area contributed by atoms with E-state index in [0.29, 0.717) is 17.3 Å². The molecule has 1 unspecified atom stereocenters. The van der Waals surface area contributed by atoms with E-state index >= 15 is 0 Å². The van der Waals surface area contributed by atoms with Crippen LogP contribution in [-0.2, 0) is 0 Å². The molecule has 118 valence electrons. The molecule has 0 saturated carbocycles. The molecule has 1 rings (SSSR count). The molecule has 0 radical (unpaired) electrons. The zero-order chi connectivity index (χ0) is 15.7. The molecule has 1 atom stereocenters. The molecule has 0 aliphatic carbocycles. The molecule has 0 fully saturated rings. The van der Waals surface area contributed by atoms with Gasteiger partial charge in [-0.05, 0) is 38.1 Å². The van der Waals surface area contributed by atoms with E-state index in [1.165, 1.54) is 0 Å². The van der Waals surface area contributed by atoms with Crippen LogP contribution in [0.15, 0.2) is 24.3 Å².